The Bertz CT molecular complexity index is 1010. The van der Waals surface area contributed by atoms with E-state index in [-0.39, 0.29) is 11.9 Å². The summed E-state index contributed by atoms with van der Waals surface area (Å²) in [5, 5.41) is 5.13. The van der Waals surface area contributed by atoms with Crippen molar-refractivity contribution in [1.29, 1.82) is 0 Å². The largest absolute Gasteiger partial charge is 0.497 e. The maximum Gasteiger partial charge on any atom is 0.234 e. The average molecular weight is 469 g/mol. The molecule has 1 N–H and O–H groups in total. The molecule has 3 rings (SSSR count). The lowest BCUT2D eigenvalue weighted by atomic mass is 10.1. The third-order valence-corrected chi connectivity index (χ3v) is 6.43. The van der Waals surface area contributed by atoms with Gasteiger partial charge in [0.1, 0.15) is 5.75 Å². The highest BCUT2D eigenvalue weighted by Crippen LogP contribution is 2.27. The average Bonchev–Trinajstić information content (AvgIpc) is 3.35. The van der Waals surface area contributed by atoms with Crippen LogP contribution in [0.25, 0.3) is 0 Å². The monoisotopic (exact) mass is 468 g/mol. The van der Waals surface area contributed by atoms with Crippen molar-refractivity contribution in [3.63, 3.8) is 0 Å². The van der Waals surface area contributed by atoms with E-state index in [4.69, 9.17) is 14.2 Å². The van der Waals surface area contributed by atoms with Gasteiger partial charge in [-0.05, 0) is 60.2 Å². The third-order valence-electron chi connectivity index (χ3n) is 5.53. The second kappa shape index (κ2) is 12.3. The van der Waals surface area contributed by atoms with Crippen LogP contribution >= 0.6 is 11.3 Å². The molecule has 0 aliphatic rings. The summed E-state index contributed by atoms with van der Waals surface area (Å²) < 4.78 is 15.9. The van der Waals surface area contributed by atoms with E-state index >= 15 is 0 Å². The fraction of sp³-hybridized carbons (Fsp3) is 0.346. The maximum atomic E-state index is 12.9. The Kier molecular flexibility index (Phi) is 9.15. The highest BCUT2D eigenvalue weighted by molar-refractivity contribution is 7.09. The van der Waals surface area contributed by atoms with Gasteiger partial charge in [-0.15, -0.1) is 11.3 Å². The molecular weight excluding hydrogens is 436 g/mol. The second-order valence-corrected chi connectivity index (χ2v) is 8.88. The standard InChI is InChI=1S/C26H32N2O4S/c1-19(14-23-6-5-13-33-23)28(17-20-7-10-22(30-2)11-8-20)18-26(29)27-16-21-9-12-24(31-3)25(15-21)32-4/h5-13,15,19H,14,16-18H2,1-4H3,(H,27,29)/t19-/m1/s1. The number of rotatable bonds is 12. The van der Waals surface area contributed by atoms with E-state index in [0.717, 1.165) is 23.3 Å². The first-order valence-corrected chi connectivity index (χ1v) is 11.8. The number of carbonyl (C=O) groups is 1. The number of methoxy groups -OCH3 is 3. The molecule has 0 aliphatic carbocycles. The highest BCUT2D eigenvalue weighted by atomic mass is 32.1. The van der Waals surface area contributed by atoms with E-state index < -0.39 is 0 Å². The molecule has 0 fully saturated rings. The van der Waals surface area contributed by atoms with Crippen LogP contribution in [0, 0.1) is 0 Å². The summed E-state index contributed by atoms with van der Waals surface area (Å²) in [7, 11) is 4.87. The van der Waals surface area contributed by atoms with Crippen LogP contribution < -0.4 is 19.5 Å². The molecule has 1 heterocycles. The van der Waals surface area contributed by atoms with Gasteiger partial charge in [0.05, 0.1) is 27.9 Å². The van der Waals surface area contributed by atoms with Crippen molar-refractivity contribution in [2.24, 2.45) is 0 Å². The summed E-state index contributed by atoms with van der Waals surface area (Å²) in [6, 6.07) is 18.1. The molecule has 2 aromatic carbocycles. The summed E-state index contributed by atoms with van der Waals surface area (Å²) in [6.07, 6.45) is 0.900. The van der Waals surface area contributed by atoms with Gasteiger partial charge in [0, 0.05) is 24.0 Å². The molecule has 0 saturated carbocycles. The van der Waals surface area contributed by atoms with Crippen LogP contribution in [0.1, 0.15) is 22.9 Å². The Morgan fingerprint density at radius 2 is 1.70 bits per heavy atom. The number of thiophene rings is 1. The maximum absolute atomic E-state index is 12.9. The van der Waals surface area contributed by atoms with E-state index in [1.165, 1.54) is 4.88 Å². The van der Waals surface area contributed by atoms with Gasteiger partial charge in [-0.25, -0.2) is 0 Å². The number of benzene rings is 2. The lowest BCUT2D eigenvalue weighted by Crippen LogP contribution is -2.42. The molecule has 1 atom stereocenters. The Balaban J connectivity index is 1.65. The number of hydrogen-bond acceptors (Lipinski definition) is 6. The number of amides is 1. The molecule has 0 radical (unpaired) electrons. The van der Waals surface area contributed by atoms with Gasteiger partial charge >= 0.3 is 0 Å². The summed E-state index contributed by atoms with van der Waals surface area (Å²) >= 11 is 1.75. The minimum atomic E-state index is -0.0173. The van der Waals surface area contributed by atoms with Crippen molar-refractivity contribution in [2.45, 2.75) is 32.5 Å². The molecule has 0 unspecified atom stereocenters. The number of ether oxygens (including phenoxy) is 3. The van der Waals surface area contributed by atoms with Gasteiger partial charge in [0.2, 0.25) is 5.91 Å². The van der Waals surface area contributed by atoms with E-state index in [1.54, 1.807) is 32.7 Å². The lowest BCUT2D eigenvalue weighted by Gasteiger charge is -2.28. The van der Waals surface area contributed by atoms with Crippen LogP contribution in [0.15, 0.2) is 60.0 Å². The fourth-order valence-electron chi connectivity index (χ4n) is 3.61. The van der Waals surface area contributed by atoms with Crippen LogP contribution in [-0.2, 0) is 24.3 Å². The zero-order valence-electron chi connectivity index (χ0n) is 19.7. The first-order valence-electron chi connectivity index (χ1n) is 10.9. The molecule has 1 aromatic heterocycles. The molecule has 176 valence electrons. The van der Waals surface area contributed by atoms with Gasteiger partial charge < -0.3 is 19.5 Å². The normalized spacial score (nSPS) is 11.8. The minimum Gasteiger partial charge on any atom is -0.497 e. The first-order chi connectivity index (χ1) is 16.0. The van der Waals surface area contributed by atoms with Crippen LogP contribution in [0.3, 0.4) is 0 Å². The number of carbonyl (C=O) groups excluding carboxylic acids is 1. The number of nitrogens with one attached hydrogen (secondary N) is 1. The second-order valence-electron chi connectivity index (χ2n) is 7.85. The zero-order valence-corrected chi connectivity index (χ0v) is 20.5. The van der Waals surface area contributed by atoms with Crippen molar-refractivity contribution in [3.05, 3.63) is 76.0 Å². The zero-order chi connectivity index (χ0) is 23.6. The van der Waals surface area contributed by atoms with Crippen molar-refractivity contribution in [3.8, 4) is 17.2 Å². The quantitative estimate of drug-likeness (QED) is 0.423. The summed E-state index contributed by atoms with van der Waals surface area (Å²) in [6.45, 7) is 3.59. The van der Waals surface area contributed by atoms with E-state index in [9.17, 15) is 4.79 Å². The van der Waals surface area contributed by atoms with Crippen molar-refractivity contribution in [1.82, 2.24) is 10.2 Å². The predicted molar refractivity (Wildman–Crippen MR) is 132 cm³/mol. The molecule has 6 nitrogen and oxygen atoms in total. The van der Waals surface area contributed by atoms with Gasteiger partial charge in [0.15, 0.2) is 11.5 Å². The fourth-order valence-corrected chi connectivity index (χ4v) is 4.44. The summed E-state index contributed by atoms with van der Waals surface area (Å²) in [5.74, 6) is 2.12. The number of hydrogen-bond donors (Lipinski definition) is 1. The molecule has 7 heteroatoms. The van der Waals surface area contributed by atoms with E-state index in [2.05, 4.69) is 34.7 Å². The highest BCUT2D eigenvalue weighted by Gasteiger charge is 2.19. The Morgan fingerprint density at radius 1 is 0.970 bits per heavy atom. The van der Waals surface area contributed by atoms with Crippen LogP contribution in [0.4, 0.5) is 0 Å². The van der Waals surface area contributed by atoms with Crippen LogP contribution in [0.5, 0.6) is 17.2 Å². The molecule has 1 amide bonds. The van der Waals surface area contributed by atoms with Crippen LogP contribution in [-0.4, -0.2) is 44.7 Å². The van der Waals surface area contributed by atoms with Gasteiger partial charge in [-0.3, -0.25) is 9.69 Å². The smallest absolute Gasteiger partial charge is 0.234 e. The van der Waals surface area contributed by atoms with E-state index in [1.807, 2.05) is 42.5 Å². The summed E-state index contributed by atoms with van der Waals surface area (Å²) in [4.78, 5) is 16.4. The molecule has 0 saturated heterocycles. The van der Waals surface area contributed by atoms with Gasteiger partial charge in [0.25, 0.3) is 0 Å². The van der Waals surface area contributed by atoms with Crippen LogP contribution in [0.2, 0.25) is 0 Å². The minimum absolute atomic E-state index is 0.0173. The van der Waals surface area contributed by atoms with Gasteiger partial charge in [-0.1, -0.05) is 24.3 Å². The number of nitrogens with zero attached hydrogens (tertiary/aromatic N) is 1. The molecule has 0 aliphatic heterocycles. The lowest BCUT2D eigenvalue weighted by molar-refractivity contribution is -0.123. The van der Waals surface area contributed by atoms with E-state index in [0.29, 0.717) is 31.1 Å². The van der Waals surface area contributed by atoms with Crippen molar-refractivity contribution >= 4 is 17.2 Å². The molecule has 0 bridgehead atoms. The van der Waals surface area contributed by atoms with Gasteiger partial charge in [-0.2, -0.15) is 0 Å². The molecular formula is C26H32N2O4S. The third kappa shape index (κ3) is 7.23. The molecule has 3 aromatic rings. The summed E-state index contributed by atoms with van der Waals surface area (Å²) in [5.41, 5.74) is 2.09. The molecule has 0 spiro atoms. The van der Waals surface area contributed by atoms with Crippen molar-refractivity contribution in [2.75, 3.05) is 27.9 Å². The van der Waals surface area contributed by atoms with Crippen molar-refractivity contribution < 1.29 is 19.0 Å². The topological polar surface area (TPSA) is 60.0 Å². The predicted octanol–water partition coefficient (Wildman–Crippen LogP) is 4.52. The first kappa shape index (κ1) is 24.6. The molecule has 33 heavy (non-hydrogen) atoms. The Labute approximate surface area is 200 Å². The Hall–Kier alpha value is -3.03. The SMILES string of the molecule is COc1ccc(CN(CC(=O)NCc2ccc(OC)c(OC)c2)[C@H](C)Cc2cccs2)cc1. The Morgan fingerprint density at radius 3 is 2.33 bits per heavy atom.